The van der Waals surface area contributed by atoms with Gasteiger partial charge in [-0.3, -0.25) is 0 Å². The van der Waals surface area contributed by atoms with Gasteiger partial charge in [0.2, 0.25) is 0 Å². The largest absolute Gasteiger partial charge is 0.389 e. The summed E-state index contributed by atoms with van der Waals surface area (Å²) in [7, 11) is 0. The summed E-state index contributed by atoms with van der Waals surface area (Å²) in [4.78, 5) is 4.49. The predicted molar refractivity (Wildman–Crippen MR) is 77.4 cm³/mol. The Balaban J connectivity index is 1.98. The van der Waals surface area contributed by atoms with Gasteiger partial charge in [-0.1, -0.05) is 25.4 Å². The van der Waals surface area contributed by atoms with E-state index < -0.39 is 5.60 Å². The highest BCUT2D eigenvalue weighted by atomic mass is 35.5. The van der Waals surface area contributed by atoms with Gasteiger partial charge < -0.3 is 14.8 Å². The van der Waals surface area contributed by atoms with Crippen molar-refractivity contribution < 1.29 is 5.11 Å². The summed E-state index contributed by atoms with van der Waals surface area (Å²) >= 11 is 5.93. The number of rotatable bonds is 6. The first-order valence-corrected chi connectivity index (χ1v) is 7.00. The standard InChI is InChI=1S/C14H20ClN3O/c1-3-14(19,4-2)10-16-7-12-9-18-8-11(15)5-6-13(18)17-12/h5-6,8-9,16,19H,3-4,7,10H2,1-2H3. The van der Waals surface area contributed by atoms with Crippen molar-refractivity contribution in [3.63, 3.8) is 0 Å². The third kappa shape index (κ3) is 3.47. The summed E-state index contributed by atoms with van der Waals surface area (Å²) in [5.41, 5.74) is 1.20. The summed E-state index contributed by atoms with van der Waals surface area (Å²) in [6.45, 7) is 5.21. The summed E-state index contributed by atoms with van der Waals surface area (Å²) < 4.78 is 1.91. The Morgan fingerprint density at radius 2 is 2.05 bits per heavy atom. The normalized spacial score (nSPS) is 12.2. The molecule has 0 atom stereocenters. The summed E-state index contributed by atoms with van der Waals surface area (Å²) in [6.07, 6.45) is 5.28. The first kappa shape index (κ1) is 14.3. The van der Waals surface area contributed by atoms with E-state index in [0.717, 1.165) is 24.2 Å². The van der Waals surface area contributed by atoms with Crippen LogP contribution in [0.2, 0.25) is 5.02 Å². The summed E-state index contributed by atoms with van der Waals surface area (Å²) in [5.74, 6) is 0. The number of fused-ring (bicyclic) bond motifs is 1. The van der Waals surface area contributed by atoms with Gasteiger partial charge in [0.1, 0.15) is 5.65 Å². The van der Waals surface area contributed by atoms with Gasteiger partial charge in [-0.25, -0.2) is 4.98 Å². The van der Waals surface area contributed by atoms with Gasteiger partial charge in [-0.2, -0.15) is 0 Å². The molecule has 2 N–H and O–H groups in total. The number of aliphatic hydroxyl groups is 1. The minimum Gasteiger partial charge on any atom is -0.389 e. The van der Waals surface area contributed by atoms with Crippen molar-refractivity contribution in [2.45, 2.75) is 38.8 Å². The Hall–Kier alpha value is -1.10. The monoisotopic (exact) mass is 281 g/mol. The van der Waals surface area contributed by atoms with Crippen LogP contribution in [-0.2, 0) is 6.54 Å². The molecule has 2 heterocycles. The van der Waals surface area contributed by atoms with Crippen LogP contribution in [0.5, 0.6) is 0 Å². The molecule has 19 heavy (non-hydrogen) atoms. The molecule has 0 saturated carbocycles. The second-order valence-electron chi connectivity index (χ2n) is 4.88. The number of halogens is 1. The van der Waals surface area contributed by atoms with Crippen LogP contribution in [0.1, 0.15) is 32.4 Å². The molecule has 0 aromatic carbocycles. The van der Waals surface area contributed by atoms with E-state index in [1.54, 1.807) is 0 Å². The van der Waals surface area contributed by atoms with Crippen LogP contribution >= 0.6 is 11.6 Å². The number of pyridine rings is 1. The first-order valence-electron chi connectivity index (χ1n) is 6.62. The fourth-order valence-corrected chi connectivity index (χ4v) is 2.19. The van der Waals surface area contributed by atoms with E-state index in [0.29, 0.717) is 18.1 Å². The molecule has 2 rings (SSSR count). The molecule has 0 amide bonds. The van der Waals surface area contributed by atoms with Crippen LogP contribution in [0.4, 0.5) is 0 Å². The van der Waals surface area contributed by atoms with Crippen molar-refractivity contribution >= 4 is 17.2 Å². The Morgan fingerprint density at radius 1 is 1.32 bits per heavy atom. The molecule has 0 aliphatic carbocycles. The van der Waals surface area contributed by atoms with Gasteiger partial charge in [-0.05, 0) is 25.0 Å². The lowest BCUT2D eigenvalue weighted by Gasteiger charge is -2.25. The van der Waals surface area contributed by atoms with Gasteiger partial charge in [-0.15, -0.1) is 0 Å². The van der Waals surface area contributed by atoms with Gasteiger partial charge >= 0.3 is 0 Å². The van der Waals surface area contributed by atoms with E-state index in [9.17, 15) is 5.11 Å². The van der Waals surface area contributed by atoms with Crippen molar-refractivity contribution in [3.05, 3.63) is 35.2 Å². The quantitative estimate of drug-likeness (QED) is 0.856. The van der Waals surface area contributed by atoms with Crippen LogP contribution in [0, 0.1) is 0 Å². The lowest BCUT2D eigenvalue weighted by Crippen LogP contribution is -2.39. The molecule has 2 aromatic heterocycles. The second kappa shape index (κ2) is 5.90. The molecule has 0 bridgehead atoms. The Labute approximate surface area is 118 Å². The molecule has 0 radical (unpaired) electrons. The lowest BCUT2D eigenvalue weighted by molar-refractivity contribution is 0.0322. The second-order valence-corrected chi connectivity index (χ2v) is 5.32. The average molecular weight is 282 g/mol. The fraction of sp³-hybridized carbons (Fsp3) is 0.500. The number of hydrogen-bond donors (Lipinski definition) is 2. The number of aromatic nitrogens is 2. The highest BCUT2D eigenvalue weighted by Crippen LogP contribution is 2.14. The maximum absolute atomic E-state index is 10.2. The van der Waals surface area contributed by atoms with Gasteiger partial charge in [0, 0.05) is 25.5 Å². The van der Waals surface area contributed by atoms with Gasteiger partial charge in [0.05, 0.1) is 16.3 Å². The van der Waals surface area contributed by atoms with Crippen LogP contribution in [0.3, 0.4) is 0 Å². The topological polar surface area (TPSA) is 49.6 Å². The molecule has 0 aliphatic rings. The molecule has 0 unspecified atom stereocenters. The van der Waals surface area contributed by atoms with E-state index in [2.05, 4.69) is 10.3 Å². The van der Waals surface area contributed by atoms with Crippen LogP contribution in [0.25, 0.3) is 5.65 Å². The number of nitrogens with zero attached hydrogens (tertiary/aromatic N) is 2. The van der Waals surface area contributed by atoms with Crippen LogP contribution < -0.4 is 5.32 Å². The number of nitrogens with one attached hydrogen (secondary N) is 1. The molecular weight excluding hydrogens is 262 g/mol. The van der Waals surface area contributed by atoms with Crippen molar-refractivity contribution in [2.75, 3.05) is 6.54 Å². The average Bonchev–Trinajstić information content (AvgIpc) is 2.80. The lowest BCUT2D eigenvalue weighted by atomic mass is 9.98. The maximum atomic E-state index is 10.2. The molecule has 104 valence electrons. The maximum Gasteiger partial charge on any atom is 0.137 e. The zero-order valence-corrected chi connectivity index (χ0v) is 12.1. The first-order chi connectivity index (χ1) is 9.06. The number of imidazole rings is 1. The molecule has 0 fully saturated rings. The smallest absolute Gasteiger partial charge is 0.137 e. The third-order valence-corrected chi connectivity index (χ3v) is 3.76. The van der Waals surface area contributed by atoms with E-state index >= 15 is 0 Å². The molecule has 0 aliphatic heterocycles. The van der Waals surface area contributed by atoms with Crippen molar-refractivity contribution in [3.8, 4) is 0 Å². The Bertz CT molecular complexity index is 549. The van der Waals surface area contributed by atoms with E-state index in [1.165, 1.54) is 0 Å². The SMILES string of the molecule is CCC(O)(CC)CNCc1cn2cc(Cl)ccc2n1. The van der Waals surface area contributed by atoms with Crippen molar-refractivity contribution in [1.82, 2.24) is 14.7 Å². The highest BCUT2D eigenvalue weighted by Gasteiger charge is 2.21. The predicted octanol–water partition coefficient (Wildman–Crippen LogP) is 2.63. The van der Waals surface area contributed by atoms with Crippen molar-refractivity contribution in [2.24, 2.45) is 0 Å². The van der Waals surface area contributed by atoms with Crippen molar-refractivity contribution in [1.29, 1.82) is 0 Å². The molecule has 4 nitrogen and oxygen atoms in total. The van der Waals surface area contributed by atoms with E-state index in [4.69, 9.17) is 11.6 Å². The van der Waals surface area contributed by atoms with E-state index in [-0.39, 0.29) is 0 Å². The summed E-state index contributed by atoms with van der Waals surface area (Å²) in [6, 6.07) is 3.72. The third-order valence-electron chi connectivity index (χ3n) is 3.54. The van der Waals surface area contributed by atoms with Crippen LogP contribution in [0.15, 0.2) is 24.5 Å². The zero-order chi connectivity index (χ0) is 13.9. The minimum absolute atomic E-state index is 0.578. The molecule has 2 aromatic rings. The van der Waals surface area contributed by atoms with E-state index in [1.807, 2.05) is 42.8 Å². The molecule has 0 spiro atoms. The van der Waals surface area contributed by atoms with Gasteiger partial charge in [0.15, 0.2) is 0 Å². The summed E-state index contributed by atoms with van der Waals surface area (Å²) in [5, 5.41) is 14.1. The van der Waals surface area contributed by atoms with Gasteiger partial charge in [0.25, 0.3) is 0 Å². The number of hydrogen-bond acceptors (Lipinski definition) is 3. The molecular formula is C14H20ClN3O. The molecule has 0 saturated heterocycles. The zero-order valence-electron chi connectivity index (χ0n) is 11.4. The minimum atomic E-state index is -0.623. The Kier molecular flexibility index (Phi) is 4.45. The molecule has 5 heteroatoms. The van der Waals surface area contributed by atoms with Crippen LogP contribution in [-0.4, -0.2) is 26.6 Å². The Morgan fingerprint density at radius 3 is 2.74 bits per heavy atom. The highest BCUT2D eigenvalue weighted by molar-refractivity contribution is 6.30. The fourth-order valence-electron chi connectivity index (χ4n) is 2.03.